The molecule has 5 nitrogen and oxygen atoms in total. The number of rotatable bonds is 4. The molecule has 1 N–H and O–H groups in total. The van der Waals surface area contributed by atoms with Crippen LogP contribution in [0.4, 0.5) is 5.82 Å². The third-order valence-electron chi connectivity index (χ3n) is 2.56. The standard InChI is InChI=1S/C13H15N3O2/c1-14-13-12(15-4-5-16-13)9-6-10(17-2)8-11(7-9)18-3/h4-8H,1-3H3,(H,14,16). The van der Waals surface area contributed by atoms with Gasteiger partial charge in [0.1, 0.15) is 17.2 Å². The predicted octanol–water partition coefficient (Wildman–Crippen LogP) is 2.20. The Morgan fingerprint density at radius 2 is 1.56 bits per heavy atom. The molecule has 1 heterocycles. The molecule has 0 bridgehead atoms. The lowest BCUT2D eigenvalue weighted by Gasteiger charge is -2.10. The number of methoxy groups -OCH3 is 2. The van der Waals surface area contributed by atoms with Crippen molar-refractivity contribution in [3.05, 3.63) is 30.6 Å². The highest BCUT2D eigenvalue weighted by Gasteiger charge is 2.09. The molecular weight excluding hydrogens is 230 g/mol. The maximum Gasteiger partial charge on any atom is 0.152 e. The summed E-state index contributed by atoms with van der Waals surface area (Å²) in [5.41, 5.74) is 1.65. The molecule has 0 radical (unpaired) electrons. The quantitative estimate of drug-likeness (QED) is 0.895. The van der Waals surface area contributed by atoms with Gasteiger partial charge in [0.05, 0.1) is 14.2 Å². The van der Waals surface area contributed by atoms with Gasteiger partial charge in [-0.15, -0.1) is 0 Å². The first-order valence-corrected chi connectivity index (χ1v) is 5.50. The third kappa shape index (κ3) is 2.34. The summed E-state index contributed by atoms with van der Waals surface area (Å²) in [6, 6.07) is 5.61. The summed E-state index contributed by atoms with van der Waals surface area (Å²) in [5.74, 6) is 2.15. The Labute approximate surface area is 106 Å². The van der Waals surface area contributed by atoms with Crippen molar-refractivity contribution in [3.63, 3.8) is 0 Å². The Balaban J connectivity index is 2.55. The van der Waals surface area contributed by atoms with Gasteiger partial charge in [-0.1, -0.05) is 0 Å². The van der Waals surface area contributed by atoms with Crippen molar-refractivity contribution in [2.45, 2.75) is 0 Å². The molecule has 0 aliphatic carbocycles. The fourth-order valence-corrected chi connectivity index (χ4v) is 1.68. The number of benzene rings is 1. The van der Waals surface area contributed by atoms with Crippen LogP contribution in [0.25, 0.3) is 11.3 Å². The first kappa shape index (κ1) is 12.2. The molecule has 94 valence electrons. The molecule has 0 aliphatic rings. The van der Waals surface area contributed by atoms with Gasteiger partial charge >= 0.3 is 0 Å². The van der Waals surface area contributed by atoms with E-state index in [2.05, 4.69) is 15.3 Å². The van der Waals surface area contributed by atoms with Crippen LogP contribution in [0.3, 0.4) is 0 Å². The van der Waals surface area contributed by atoms with Gasteiger partial charge in [-0.25, -0.2) is 4.98 Å². The minimum Gasteiger partial charge on any atom is -0.497 e. The van der Waals surface area contributed by atoms with Crippen LogP contribution in [0.2, 0.25) is 0 Å². The average Bonchev–Trinajstić information content (AvgIpc) is 2.46. The molecule has 0 aliphatic heterocycles. The molecule has 0 unspecified atom stereocenters. The number of hydrogen-bond acceptors (Lipinski definition) is 5. The molecule has 1 aromatic carbocycles. The largest absolute Gasteiger partial charge is 0.497 e. The van der Waals surface area contributed by atoms with Crippen molar-refractivity contribution in [2.75, 3.05) is 26.6 Å². The van der Waals surface area contributed by atoms with E-state index in [0.717, 1.165) is 22.8 Å². The van der Waals surface area contributed by atoms with Crippen LogP contribution in [-0.2, 0) is 0 Å². The summed E-state index contributed by atoms with van der Waals surface area (Å²) >= 11 is 0. The number of hydrogen-bond donors (Lipinski definition) is 1. The lowest BCUT2D eigenvalue weighted by Crippen LogP contribution is -1.98. The molecule has 0 spiro atoms. The molecule has 0 fully saturated rings. The summed E-state index contributed by atoms with van der Waals surface area (Å²) in [6.45, 7) is 0. The molecule has 18 heavy (non-hydrogen) atoms. The SMILES string of the molecule is CNc1nccnc1-c1cc(OC)cc(OC)c1. The van der Waals surface area contributed by atoms with Crippen molar-refractivity contribution in [1.82, 2.24) is 9.97 Å². The molecule has 0 atom stereocenters. The van der Waals surface area contributed by atoms with Gasteiger partial charge in [0.25, 0.3) is 0 Å². The molecule has 1 aromatic heterocycles. The lowest BCUT2D eigenvalue weighted by molar-refractivity contribution is 0.394. The van der Waals surface area contributed by atoms with Crippen LogP contribution in [0.1, 0.15) is 0 Å². The van der Waals surface area contributed by atoms with Crippen molar-refractivity contribution < 1.29 is 9.47 Å². The fraction of sp³-hybridized carbons (Fsp3) is 0.231. The van der Waals surface area contributed by atoms with Gasteiger partial charge in [0.15, 0.2) is 5.82 Å². The smallest absolute Gasteiger partial charge is 0.152 e. The zero-order chi connectivity index (χ0) is 13.0. The van der Waals surface area contributed by atoms with E-state index in [1.54, 1.807) is 26.6 Å². The zero-order valence-corrected chi connectivity index (χ0v) is 10.6. The van der Waals surface area contributed by atoms with E-state index in [4.69, 9.17) is 9.47 Å². The van der Waals surface area contributed by atoms with Crippen LogP contribution in [0, 0.1) is 0 Å². The van der Waals surface area contributed by atoms with Gasteiger partial charge in [0.2, 0.25) is 0 Å². The van der Waals surface area contributed by atoms with E-state index in [9.17, 15) is 0 Å². The molecule has 2 aromatic rings. The molecule has 0 amide bonds. The molecule has 2 rings (SSSR count). The molecule has 5 heteroatoms. The van der Waals surface area contributed by atoms with E-state index in [0.29, 0.717) is 5.82 Å². The van der Waals surface area contributed by atoms with Crippen molar-refractivity contribution >= 4 is 5.82 Å². The highest BCUT2D eigenvalue weighted by atomic mass is 16.5. The number of nitrogens with zero attached hydrogens (tertiary/aromatic N) is 2. The van der Waals surface area contributed by atoms with Gasteiger partial charge in [-0.2, -0.15) is 0 Å². The van der Waals surface area contributed by atoms with Gasteiger partial charge in [-0.3, -0.25) is 4.98 Å². The third-order valence-corrected chi connectivity index (χ3v) is 2.56. The highest BCUT2D eigenvalue weighted by molar-refractivity contribution is 5.73. The van der Waals surface area contributed by atoms with Crippen molar-refractivity contribution in [1.29, 1.82) is 0 Å². The average molecular weight is 245 g/mol. The maximum absolute atomic E-state index is 5.24. The van der Waals surface area contributed by atoms with Gasteiger partial charge in [-0.05, 0) is 12.1 Å². The second-order valence-electron chi connectivity index (χ2n) is 3.60. The topological polar surface area (TPSA) is 56.3 Å². The summed E-state index contributed by atoms with van der Waals surface area (Å²) in [4.78, 5) is 8.56. The van der Waals surface area contributed by atoms with E-state index < -0.39 is 0 Å². The lowest BCUT2D eigenvalue weighted by atomic mass is 10.1. The van der Waals surface area contributed by atoms with Crippen LogP contribution in [-0.4, -0.2) is 31.2 Å². The minimum atomic E-state index is 0.716. The van der Waals surface area contributed by atoms with Crippen molar-refractivity contribution in [2.24, 2.45) is 0 Å². The first-order chi connectivity index (χ1) is 8.78. The Morgan fingerprint density at radius 1 is 0.944 bits per heavy atom. The normalized spacial score (nSPS) is 9.94. The second kappa shape index (κ2) is 5.35. The summed E-state index contributed by atoms with van der Waals surface area (Å²) in [6.07, 6.45) is 3.30. The van der Waals surface area contributed by atoms with Gasteiger partial charge in [0, 0.05) is 31.1 Å². The molecular formula is C13H15N3O2. The fourth-order valence-electron chi connectivity index (χ4n) is 1.68. The Morgan fingerprint density at radius 3 is 2.11 bits per heavy atom. The van der Waals surface area contributed by atoms with E-state index in [-0.39, 0.29) is 0 Å². The Bertz CT molecular complexity index is 521. The summed E-state index contributed by atoms with van der Waals surface area (Å²) in [7, 11) is 5.05. The van der Waals surface area contributed by atoms with Crippen molar-refractivity contribution in [3.8, 4) is 22.8 Å². The molecule has 0 saturated carbocycles. The van der Waals surface area contributed by atoms with E-state index in [1.165, 1.54) is 0 Å². The van der Waals surface area contributed by atoms with Crippen LogP contribution in [0.5, 0.6) is 11.5 Å². The number of nitrogens with one attached hydrogen (secondary N) is 1. The molecule has 0 saturated heterocycles. The number of ether oxygens (including phenoxy) is 2. The Kier molecular flexibility index (Phi) is 3.62. The number of aromatic nitrogens is 2. The van der Waals surface area contributed by atoms with Crippen LogP contribution in [0.15, 0.2) is 30.6 Å². The summed E-state index contributed by atoms with van der Waals surface area (Å²) < 4.78 is 10.5. The van der Waals surface area contributed by atoms with Gasteiger partial charge < -0.3 is 14.8 Å². The maximum atomic E-state index is 5.24. The van der Waals surface area contributed by atoms with E-state index >= 15 is 0 Å². The summed E-state index contributed by atoms with van der Waals surface area (Å²) in [5, 5.41) is 3.01. The predicted molar refractivity (Wildman–Crippen MR) is 70.1 cm³/mol. The van der Waals surface area contributed by atoms with E-state index in [1.807, 2.05) is 25.2 Å². The Hall–Kier alpha value is -2.30. The monoisotopic (exact) mass is 245 g/mol. The highest BCUT2D eigenvalue weighted by Crippen LogP contribution is 2.31. The second-order valence-corrected chi connectivity index (χ2v) is 3.60. The number of anilines is 1. The first-order valence-electron chi connectivity index (χ1n) is 5.50. The van der Waals surface area contributed by atoms with Crippen LogP contribution < -0.4 is 14.8 Å². The zero-order valence-electron chi connectivity index (χ0n) is 10.6. The minimum absolute atomic E-state index is 0.716. The van der Waals surface area contributed by atoms with Crippen LogP contribution >= 0.6 is 0 Å².